The second-order valence-electron chi connectivity index (χ2n) is 3.42. The van der Waals surface area contributed by atoms with Crippen molar-refractivity contribution in [2.45, 2.75) is 31.1 Å². The lowest BCUT2D eigenvalue weighted by atomic mass is 9.81. The van der Waals surface area contributed by atoms with Crippen molar-refractivity contribution < 1.29 is 9.84 Å². The molecule has 0 radical (unpaired) electrons. The van der Waals surface area contributed by atoms with E-state index in [1.54, 1.807) is 0 Å². The predicted octanol–water partition coefficient (Wildman–Crippen LogP) is -0.639. The Labute approximate surface area is 64.9 Å². The first kappa shape index (κ1) is 8.51. The summed E-state index contributed by atoms with van der Waals surface area (Å²) in [6.45, 7) is 2.01. The molecule has 0 saturated carbocycles. The van der Waals surface area contributed by atoms with Crippen LogP contribution in [0.1, 0.15) is 13.3 Å². The Morgan fingerprint density at radius 3 is 2.70 bits per heavy atom. The Kier molecular flexibility index (Phi) is 2.39. The van der Waals surface area contributed by atoms with Gasteiger partial charge in [-0.2, -0.15) is 0 Å². The molecule has 0 amide bonds. The Morgan fingerprint density at radius 2 is 2.50 bits per heavy atom. The van der Waals surface area contributed by atoms with Gasteiger partial charge >= 0.3 is 0 Å². The van der Waals surface area contributed by atoms with Crippen LogP contribution >= 0.6 is 9.24 Å². The van der Waals surface area contributed by atoms with E-state index in [1.165, 1.54) is 0 Å². The summed E-state index contributed by atoms with van der Waals surface area (Å²) in [4.78, 5) is 0. The summed E-state index contributed by atoms with van der Waals surface area (Å²) in [6, 6.07) is 0. The van der Waals surface area contributed by atoms with Crippen molar-refractivity contribution in [3.05, 3.63) is 0 Å². The molecule has 10 heavy (non-hydrogen) atoms. The van der Waals surface area contributed by atoms with Crippen molar-refractivity contribution in [1.82, 2.24) is 0 Å². The number of aliphatic hydroxyl groups excluding tert-OH is 1. The standard InChI is InChI=1S/C6H14BO2P/c1-6(7)2-4(8)5(3-10)9-6/h4-5,8H,2-3,7,10H2,1H3/t4?,5-,6-/m1/s1. The average molecular weight is 160 g/mol. The van der Waals surface area contributed by atoms with Gasteiger partial charge in [0.1, 0.15) is 7.85 Å². The van der Waals surface area contributed by atoms with E-state index in [1.807, 2.05) is 14.8 Å². The number of ether oxygens (including phenoxy) is 1. The first-order chi connectivity index (χ1) is 4.55. The van der Waals surface area contributed by atoms with Crippen LogP contribution in [0.15, 0.2) is 0 Å². The SMILES string of the molecule is B[C@@]1(C)CC(O)[C@@H](CP)O1. The van der Waals surface area contributed by atoms with E-state index in [4.69, 9.17) is 4.74 Å². The first-order valence-electron chi connectivity index (χ1n) is 3.61. The molecule has 2 unspecified atom stereocenters. The van der Waals surface area contributed by atoms with Gasteiger partial charge in [-0.3, -0.25) is 0 Å². The van der Waals surface area contributed by atoms with Gasteiger partial charge < -0.3 is 9.84 Å². The third kappa shape index (κ3) is 1.72. The fourth-order valence-electron chi connectivity index (χ4n) is 1.38. The van der Waals surface area contributed by atoms with Crippen LogP contribution in [-0.4, -0.2) is 36.8 Å². The highest BCUT2D eigenvalue weighted by Crippen LogP contribution is 2.28. The smallest absolute Gasteiger partial charge is 0.143 e. The molecule has 1 heterocycles. The minimum atomic E-state index is -0.271. The second-order valence-corrected chi connectivity index (χ2v) is 3.89. The molecule has 1 aliphatic rings. The molecule has 4 heteroatoms. The number of aliphatic hydroxyl groups is 1. The lowest BCUT2D eigenvalue weighted by molar-refractivity contribution is 0.0133. The van der Waals surface area contributed by atoms with Gasteiger partial charge in [0.05, 0.1) is 12.2 Å². The normalized spacial score (nSPS) is 47.9. The Bertz CT molecular complexity index is 129. The molecule has 0 spiro atoms. The zero-order chi connectivity index (χ0) is 7.78. The fourth-order valence-corrected chi connectivity index (χ4v) is 1.79. The summed E-state index contributed by atoms with van der Waals surface area (Å²) in [5, 5.41) is 9.39. The Morgan fingerprint density at radius 1 is 1.90 bits per heavy atom. The molecular weight excluding hydrogens is 146 g/mol. The van der Waals surface area contributed by atoms with Gasteiger partial charge in [0.2, 0.25) is 0 Å². The second kappa shape index (κ2) is 2.81. The van der Waals surface area contributed by atoms with Gasteiger partial charge in [-0.1, -0.05) is 0 Å². The monoisotopic (exact) mass is 160 g/mol. The number of rotatable bonds is 1. The van der Waals surface area contributed by atoms with Crippen LogP contribution in [0.25, 0.3) is 0 Å². The van der Waals surface area contributed by atoms with E-state index in [0.717, 1.165) is 12.6 Å². The Balaban J connectivity index is 2.52. The maximum Gasteiger partial charge on any atom is 0.143 e. The first-order valence-corrected chi connectivity index (χ1v) is 4.43. The van der Waals surface area contributed by atoms with Crippen LogP contribution in [0.5, 0.6) is 0 Å². The van der Waals surface area contributed by atoms with Gasteiger partial charge in [0.15, 0.2) is 0 Å². The largest absolute Gasteiger partial charge is 0.390 e. The molecule has 1 N–H and O–H groups in total. The topological polar surface area (TPSA) is 29.5 Å². The highest BCUT2D eigenvalue weighted by molar-refractivity contribution is 7.16. The van der Waals surface area contributed by atoms with Crippen molar-refractivity contribution in [2.24, 2.45) is 0 Å². The number of hydrogen-bond acceptors (Lipinski definition) is 2. The van der Waals surface area contributed by atoms with Crippen molar-refractivity contribution >= 4 is 17.1 Å². The van der Waals surface area contributed by atoms with Crippen molar-refractivity contribution in [1.29, 1.82) is 0 Å². The van der Waals surface area contributed by atoms with Crippen molar-refractivity contribution in [3.63, 3.8) is 0 Å². The molecule has 0 aromatic heterocycles. The van der Waals surface area contributed by atoms with E-state index in [9.17, 15) is 5.11 Å². The molecule has 0 aliphatic carbocycles. The quantitative estimate of drug-likeness (QED) is 0.408. The van der Waals surface area contributed by atoms with Crippen LogP contribution in [-0.2, 0) is 4.74 Å². The summed E-state index contributed by atoms with van der Waals surface area (Å²) < 4.78 is 5.54. The lowest BCUT2D eigenvalue weighted by Gasteiger charge is -2.17. The minimum absolute atomic E-state index is 0.0278. The third-order valence-corrected chi connectivity index (χ3v) is 2.30. The highest BCUT2D eigenvalue weighted by atomic mass is 31.0. The van der Waals surface area contributed by atoms with Gasteiger partial charge in [-0.05, 0) is 19.5 Å². The molecule has 1 rings (SSSR count). The maximum absolute atomic E-state index is 9.39. The lowest BCUT2D eigenvalue weighted by Crippen LogP contribution is -2.25. The summed E-state index contributed by atoms with van der Waals surface area (Å²) in [5.74, 6) is 0. The van der Waals surface area contributed by atoms with Crippen molar-refractivity contribution in [2.75, 3.05) is 6.16 Å². The number of hydrogen-bond donors (Lipinski definition) is 1. The molecule has 0 aromatic rings. The summed E-state index contributed by atoms with van der Waals surface area (Å²) in [7, 11) is 4.60. The van der Waals surface area contributed by atoms with Crippen LogP contribution in [0, 0.1) is 0 Å². The molecule has 58 valence electrons. The summed E-state index contributed by atoms with van der Waals surface area (Å²) >= 11 is 0. The molecule has 0 aromatic carbocycles. The van der Waals surface area contributed by atoms with E-state index in [-0.39, 0.29) is 17.7 Å². The average Bonchev–Trinajstić information content (AvgIpc) is 2.05. The third-order valence-electron chi connectivity index (χ3n) is 1.83. The van der Waals surface area contributed by atoms with Crippen LogP contribution in [0.4, 0.5) is 0 Å². The summed E-state index contributed by atoms with van der Waals surface area (Å²) in [5.41, 5.74) is -0.124. The van der Waals surface area contributed by atoms with Crippen molar-refractivity contribution in [3.8, 4) is 0 Å². The molecule has 1 saturated heterocycles. The predicted molar refractivity (Wildman–Crippen MR) is 47.0 cm³/mol. The molecule has 0 bridgehead atoms. The van der Waals surface area contributed by atoms with E-state index in [0.29, 0.717) is 0 Å². The van der Waals surface area contributed by atoms with Crippen LogP contribution in [0.3, 0.4) is 0 Å². The summed E-state index contributed by atoms with van der Waals surface area (Å²) in [6.07, 6.45) is 1.34. The fraction of sp³-hybridized carbons (Fsp3) is 1.00. The maximum atomic E-state index is 9.39. The van der Waals surface area contributed by atoms with Gasteiger partial charge in [0, 0.05) is 5.50 Å². The Hall–Kier alpha value is 0.415. The molecule has 2 nitrogen and oxygen atoms in total. The molecule has 1 fully saturated rings. The van der Waals surface area contributed by atoms with E-state index < -0.39 is 0 Å². The zero-order valence-electron chi connectivity index (χ0n) is 6.50. The van der Waals surface area contributed by atoms with E-state index in [2.05, 4.69) is 9.24 Å². The molecule has 4 atom stereocenters. The van der Waals surface area contributed by atoms with Crippen LogP contribution < -0.4 is 0 Å². The van der Waals surface area contributed by atoms with Gasteiger partial charge in [-0.25, -0.2) is 0 Å². The van der Waals surface area contributed by atoms with Gasteiger partial charge in [-0.15, -0.1) is 9.24 Å². The molecular formula is C6H14BO2P. The zero-order valence-corrected chi connectivity index (χ0v) is 7.66. The van der Waals surface area contributed by atoms with Crippen LogP contribution in [0.2, 0.25) is 0 Å². The van der Waals surface area contributed by atoms with Gasteiger partial charge in [0.25, 0.3) is 0 Å². The van der Waals surface area contributed by atoms with E-state index >= 15 is 0 Å². The highest BCUT2D eigenvalue weighted by Gasteiger charge is 2.37. The minimum Gasteiger partial charge on any atom is -0.390 e. The molecule has 1 aliphatic heterocycles.